The molecule has 0 aromatic carbocycles. The minimum Gasteiger partial charge on any atom is -0.389 e. The van der Waals surface area contributed by atoms with Gasteiger partial charge in [0, 0.05) is 22.5 Å². The van der Waals surface area contributed by atoms with Crippen LogP contribution in [0, 0.1) is 11.3 Å². The van der Waals surface area contributed by atoms with Crippen LogP contribution >= 0.6 is 11.3 Å². The van der Waals surface area contributed by atoms with Crippen LogP contribution in [0.15, 0.2) is 10.7 Å². The van der Waals surface area contributed by atoms with Gasteiger partial charge in [0.1, 0.15) is 16.9 Å². The van der Waals surface area contributed by atoms with Crippen molar-refractivity contribution in [1.82, 2.24) is 29.8 Å². The molecule has 41 heavy (non-hydrogen) atoms. The van der Waals surface area contributed by atoms with Crippen LogP contribution in [0.3, 0.4) is 0 Å². The van der Waals surface area contributed by atoms with Crippen molar-refractivity contribution in [1.29, 1.82) is 5.26 Å². The lowest BCUT2D eigenvalue weighted by Crippen LogP contribution is -2.35. The van der Waals surface area contributed by atoms with Gasteiger partial charge in [0.05, 0.1) is 28.6 Å². The first-order valence-corrected chi connectivity index (χ1v) is 15.8. The Labute approximate surface area is 242 Å². The fraction of sp³-hybridized carbons (Fsp3) is 0.567. The number of hydrogen-bond acceptors (Lipinski definition) is 10. The second-order valence-corrected chi connectivity index (χ2v) is 13.6. The molecule has 8 rings (SSSR count). The molecule has 4 aliphatic rings. The fourth-order valence-corrected chi connectivity index (χ4v) is 8.95. The Bertz CT molecular complexity index is 1700. The van der Waals surface area contributed by atoms with Gasteiger partial charge in [-0.2, -0.15) is 10.4 Å². The number of nitrogen functional groups attached to an aromatic ring is 1. The summed E-state index contributed by atoms with van der Waals surface area (Å²) in [4.78, 5) is 13.9. The van der Waals surface area contributed by atoms with E-state index in [1.165, 1.54) is 11.3 Å². The quantitative estimate of drug-likeness (QED) is 0.333. The van der Waals surface area contributed by atoms with Gasteiger partial charge in [-0.25, -0.2) is 14.6 Å². The van der Waals surface area contributed by atoms with Crippen molar-refractivity contribution in [3.8, 4) is 17.6 Å². The second kappa shape index (κ2) is 9.26. The zero-order chi connectivity index (χ0) is 27.9. The molecule has 5 heterocycles. The molecule has 3 aliphatic carbocycles. The zero-order valence-corrected chi connectivity index (χ0v) is 24.4. The van der Waals surface area contributed by atoms with Crippen LogP contribution in [-0.2, 0) is 18.3 Å². The van der Waals surface area contributed by atoms with Gasteiger partial charge in [-0.15, -0.1) is 11.3 Å². The van der Waals surface area contributed by atoms with Gasteiger partial charge in [0.25, 0.3) is 0 Å². The molecule has 4 aromatic heterocycles. The summed E-state index contributed by atoms with van der Waals surface area (Å²) in [5.74, 6) is 2.28. The van der Waals surface area contributed by atoms with Crippen LogP contribution in [0.5, 0.6) is 0 Å². The van der Waals surface area contributed by atoms with Crippen LogP contribution in [0.1, 0.15) is 91.7 Å². The van der Waals surface area contributed by atoms with Crippen LogP contribution in [0.25, 0.3) is 22.6 Å². The first kappa shape index (κ1) is 25.2. The van der Waals surface area contributed by atoms with Gasteiger partial charge in [-0.05, 0) is 90.3 Å². The maximum absolute atomic E-state index is 10.1. The third kappa shape index (κ3) is 3.76. The number of aromatic nitrogens is 5. The third-order valence-corrected chi connectivity index (χ3v) is 11.0. The smallest absolute Gasteiger partial charge is 0.186 e. The molecule has 3 N–H and O–H groups in total. The molecule has 0 bridgehead atoms. The Morgan fingerprint density at radius 3 is 2.78 bits per heavy atom. The van der Waals surface area contributed by atoms with Gasteiger partial charge in [0.15, 0.2) is 22.9 Å². The van der Waals surface area contributed by atoms with Crippen LogP contribution in [-0.4, -0.2) is 55.5 Å². The number of hydrogen-bond donors (Lipinski definition) is 2. The molecule has 1 spiro atoms. The van der Waals surface area contributed by atoms with Crippen LogP contribution < -0.4 is 11.1 Å². The van der Waals surface area contributed by atoms with Gasteiger partial charge in [-0.3, -0.25) is 0 Å². The average Bonchev–Trinajstić information content (AvgIpc) is 3.31. The van der Waals surface area contributed by atoms with E-state index < -0.39 is 0 Å². The van der Waals surface area contributed by atoms with Crippen molar-refractivity contribution in [2.75, 3.05) is 24.6 Å². The van der Waals surface area contributed by atoms with Crippen LogP contribution in [0.2, 0.25) is 0 Å². The summed E-state index contributed by atoms with van der Waals surface area (Å²) in [6, 6.07) is 3.45. The monoisotopic (exact) mass is 569 g/mol. The summed E-state index contributed by atoms with van der Waals surface area (Å²) < 4.78 is 8.36. The maximum Gasteiger partial charge on any atom is 0.186 e. The van der Waals surface area contributed by atoms with Crippen molar-refractivity contribution in [3.05, 3.63) is 33.5 Å². The third-order valence-electron chi connectivity index (χ3n) is 9.96. The van der Waals surface area contributed by atoms with Crippen LogP contribution in [0.4, 0.5) is 10.8 Å². The lowest BCUT2D eigenvalue weighted by Gasteiger charge is -2.39. The standard InChI is InChI=1S/C30H35N9OS/c1-16(21-7-5-13-38(21)2)39-29-20(15-33-39)27(34-17-9-10-17)35-28(36-29)24-18-6-3-11-30(25(18)40-37-24)12-4-8-22-23(30)19(14-31)26(32)41-22/h15-17,21H,3-13,32H2,1-2H3,(H,34,35,36). The van der Waals surface area contributed by atoms with Crippen molar-refractivity contribution in [2.24, 2.45) is 0 Å². The summed E-state index contributed by atoms with van der Waals surface area (Å²) >= 11 is 1.56. The molecule has 1 saturated heterocycles. The molecule has 3 unspecified atom stereocenters. The van der Waals surface area contributed by atoms with Gasteiger partial charge >= 0.3 is 0 Å². The minimum absolute atomic E-state index is 0.181. The number of thiophene rings is 1. The predicted octanol–water partition coefficient (Wildman–Crippen LogP) is 5.18. The molecule has 4 aromatic rings. The highest BCUT2D eigenvalue weighted by atomic mass is 32.1. The largest absolute Gasteiger partial charge is 0.389 e. The molecule has 3 atom stereocenters. The molecule has 1 aliphatic heterocycles. The molecule has 2 fully saturated rings. The normalized spacial score (nSPS) is 24.9. The highest BCUT2D eigenvalue weighted by molar-refractivity contribution is 7.16. The van der Waals surface area contributed by atoms with E-state index in [1.807, 2.05) is 6.20 Å². The van der Waals surface area contributed by atoms with E-state index in [2.05, 4.69) is 40.1 Å². The molecule has 11 heteroatoms. The Morgan fingerprint density at radius 1 is 1.20 bits per heavy atom. The summed E-state index contributed by atoms with van der Waals surface area (Å²) in [7, 11) is 2.20. The number of anilines is 2. The Kier molecular flexibility index (Phi) is 5.70. The molecule has 1 saturated carbocycles. The Balaban J connectivity index is 1.27. The number of fused-ring (bicyclic) bond motifs is 5. The number of nitrogens with one attached hydrogen (secondary N) is 1. The van der Waals surface area contributed by atoms with Crippen molar-refractivity contribution >= 4 is 33.2 Å². The maximum atomic E-state index is 10.1. The van der Waals surface area contributed by atoms with Gasteiger partial charge in [0.2, 0.25) is 0 Å². The van der Waals surface area contributed by atoms with Crippen molar-refractivity contribution in [2.45, 2.75) is 94.7 Å². The van der Waals surface area contributed by atoms with Gasteiger partial charge < -0.3 is 20.5 Å². The molecule has 212 valence electrons. The van der Waals surface area contributed by atoms with Gasteiger partial charge in [-0.1, -0.05) is 5.16 Å². The lowest BCUT2D eigenvalue weighted by atomic mass is 9.63. The number of rotatable bonds is 5. The molecular formula is C30H35N9OS. The lowest BCUT2D eigenvalue weighted by molar-refractivity contribution is 0.232. The second-order valence-electron chi connectivity index (χ2n) is 12.5. The summed E-state index contributed by atoms with van der Waals surface area (Å²) in [6.07, 6.45) is 12.3. The van der Waals surface area contributed by atoms with E-state index in [9.17, 15) is 5.26 Å². The van der Waals surface area contributed by atoms with E-state index in [0.29, 0.717) is 34.2 Å². The number of nitrogens with two attached hydrogens (primary N) is 1. The summed E-state index contributed by atoms with van der Waals surface area (Å²) in [5, 5.41) is 24.8. The summed E-state index contributed by atoms with van der Waals surface area (Å²) in [6.45, 7) is 3.36. The number of likely N-dealkylation sites (N-methyl/N-ethyl adjacent to an activating group) is 1. The van der Waals surface area contributed by atoms with Crippen molar-refractivity contribution in [3.63, 3.8) is 0 Å². The van der Waals surface area contributed by atoms with E-state index in [0.717, 1.165) is 98.1 Å². The number of aryl methyl sites for hydroxylation is 1. The Hall–Kier alpha value is -3.49. The van der Waals surface area contributed by atoms with E-state index >= 15 is 0 Å². The first-order valence-electron chi connectivity index (χ1n) is 15.0. The average molecular weight is 570 g/mol. The molecular weight excluding hydrogens is 534 g/mol. The number of likely N-dealkylation sites (tertiary alicyclic amines) is 1. The first-order chi connectivity index (χ1) is 20.0. The highest BCUT2D eigenvalue weighted by Crippen LogP contribution is 2.55. The van der Waals surface area contributed by atoms with E-state index in [4.69, 9.17) is 25.3 Å². The Morgan fingerprint density at radius 2 is 2.02 bits per heavy atom. The van der Waals surface area contributed by atoms with E-state index in [1.54, 1.807) is 11.3 Å². The van der Waals surface area contributed by atoms with E-state index in [-0.39, 0.29) is 11.5 Å². The molecule has 0 amide bonds. The topological polar surface area (TPSA) is 135 Å². The van der Waals surface area contributed by atoms with Crippen molar-refractivity contribution < 1.29 is 4.52 Å². The minimum atomic E-state index is -0.367. The highest BCUT2D eigenvalue weighted by Gasteiger charge is 2.49. The summed E-state index contributed by atoms with van der Waals surface area (Å²) in [5.41, 5.74) is 10.3. The SMILES string of the molecule is CC(C1CCCN1C)n1ncc2c(NC3CC3)nc(-c3noc4c3CCCC43CCCc4sc(N)c(C#N)c43)nc21. The molecule has 10 nitrogen and oxygen atoms in total. The number of nitriles is 1. The molecule has 0 radical (unpaired) electrons. The number of nitrogens with zero attached hydrogens (tertiary/aromatic N) is 7. The fourth-order valence-electron chi connectivity index (χ4n) is 7.79. The zero-order valence-electron chi connectivity index (χ0n) is 23.6. The predicted molar refractivity (Wildman–Crippen MR) is 158 cm³/mol.